The molecule has 4 aromatic rings. The van der Waals surface area contributed by atoms with E-state index in [1.807, 2.05) is 0 Å². The van der Waals surface area contributed by atoms with Gasteiger partial charge in [-0.05, 0) is 80.2 Å². The minimum Gasteiger partial charge on any atom is -0.493 e. The first-order chi connectivity index (χ1) is 20.9. The number of hydrogen-bond donors (Lipinski definition) is 3. The van der Waals surface area contributed by atoms with Crippen LogP contribution in [0.15, 0.2) is 66.9 Å². The fourth-order valence-electron chi connectivity index (χ4n) is 4.77. The van der Waals surface area contributed by atoms with Crippen molar-refractivity contribution in [3.05, 3.63) is 84.1 Å². The van der Waals surface area contributed by atoms with Crippen molar-refractivity contribution in [1.29, 1.82) is 0 Å². The number of carbonyl (C=O) groups excluding carboxylic acids is 2. The van der Waals surface area contributed by atoms with Gasteiger partial charge in [-0.1, -0.05) is 19.6 Å². The molecule has 11 heteroatoms. The van der Waals surface area contributed by atoms with Crippen molar-refractivity contribution >= 4 is 28.4 Å². The van der Waals surface area contributed by atoms with Gasteiger partial charge in [0, 0.05) is 35.9 Å². The number of nitrogens with one attached hydrogen (secondary N) is 3. The summed E-state index contributed by atoms with van der Waals surface area (Å²) in [6.45, 7) is 2.70. The molecule has 0 saturated carbocycles. The molecule has 2 amide bonds. The molecule has 5 rings (SSSR count). The van der Waals surface area contributed by atoms with Gasteiger partial charge in [-0.15, -0.1) is 0 Å². The molecular formula is C33H36F2N4O5. The van der Waals surface area contributed by atoms with Gasteiger partial charge in [0.2, 0.25) is 0 Å². The minimum absolute atomic E-state index is 0. The highest BCUT2D eigenvalue weighted by Crippen LogP contribution is 2.38. The van der Waals surface area contributed by atoms with Gasteiger partial charge in [-0.3, -0.25) is 14.6 Å². The van der Waals surface area contributed by atoms with Crippen LogP contribution in [0.3, 0.4) is 0 Å². The Labute approximate surface area is 254 Å². The number of aromatic nitrogens is 1. The Morgan fingerprint density at radius 2 is 1.70 bits per heavy atom. The molecule has 2 heterocycles. The van der Waals surface area contributed by atoms with Crippen LogP contribution in [-0.2, 0) is 16.0 Å². The first-order valence-corrected chi connectivity index (χ1v) is 14.0. The smallest absolute Gasteiger partial charge is 0.313 e. The summed E-state index contributed by atoms with van der Waals surface area (Å²) in [5.41, 5.74) is 1.48. The van der Waals surface area contributed by atoms with Crippen LogP contribution in [0.2, 0.25) is 0 Å². The number of benzene rings is 3. The maximum Gasteiger partial charge on any atom is 0.313 e. The summed E-state index contributed by atoms with van der Waals surface area (Å²) in [4.78, 5) is 28.9. The van der Waals surface area contributed by atoms with Crippen molar-refractivity contribution in [3.8, 4) is 23.0 Å². The third kappa shape index (κ3) is 8.19. The van der Waals surface area contributed by atoms with Gasteiger partial charge in [-0.2, -0.15) is 0 Å². The number of nitrogens with zero attached hydrogens (tertiary/aromatic N) is 1. The molecule has 0 bridgehead atoms. The Kier molecular flexibility index (Phi) is 11.0. The fourth-order valence-corrected chi connectivity index (χ4v) is 4.77. The summed E-state index contributed by atoms with van der Waals surface area (Å²) >= 11 is 0. The molecule has 0 aliphatic carbocycles. The summed E-state index contributed by atoms with van der Waals surface area (Å²) in [5, 5.41) is 8.81. The quantitative estimate of drug-likeness (QED) is 0.201. The van der Waals surface area contributed by atoms with Crippen LogP contribution < -0.4 is 30.2 Å². The van der Waals surface area contributed by atoms with Crippen LogP contribution in [0, 0.1) is 17.6 Å². The third-order valence-electron chi connectivity index (χ3n) is 7.15. The highest BCUT2D eigenvalue weighted by Gasteiger charge is 2.18. The molecule has 0 atom stereocenters. The number of amides is 2. The zero-order chi connectivity index (χ0) is 30.2. The summed E-state index contributed by atoms with van der Waals surface area (Å²) in [5.74, 6) is -1.11. The molecule has 232 valence electrons. The predicted molar refractivity (Wildman–Crippen MR) is 164 cm³/mol. The SMILES string of the molecule is C.COc1cc2c(Oc3ccc(NC(=O)C(=O)NCCc4ccc(F)cc4)cc3F)ccnc2cc1OCC1CCNCC1. The first kappa shape index (κ1) is 32.2. The molecule has 1 aliphatic rings. The van der Waals surface area contributed by atoms with E-state index in [-0.39, 0.29) is 31.2 Å². The zero-order valence-electron chi connectivity index (χ0n) is 23.6. The Bertz CT molecular complexity index is 1590. The van der Waals surface area contributed by atoms with E-state index in [1.54, 1.807) is 43.6 Å². The lowest BCUT2D eigenvalue weighted by Gasteiger charge is -2.23. The number of methoxy groups -OCH3 is 1. The van der Waals surface area contributed by atoms with Crippen molar-refractivity contribution in [3.63, 3.8) is 0 Å². The Morgan fingerprint density at radius 1 is 0.932 bits per heavy atom. The van der Waals surface area contributed by atoms with Gasteiger partial charge in [0.1, 0.15) is 11.6 Å². The van der Waals surface area contributed by atoms with Crippen LogP contribution in [0.25, 0.3) is 10.9 Å². The monoisotopic (exact) mass is 606 g/mol. The number of pyridine rings is 1. The van der Waals surface area contributed by atoms with Crippen LogP contribution in [0.1, 0.15) is 25.8 Å². The lowest BCUT2D eigenvalue weighted by atomic mass is 9.99. The summed E-state index contributed by atoms with van der Waals surface area (Å²) in [6, 6.07) is 14.8. The number of rotatable bonds is 10. The molecule has 1 fully saturated rings. The van der Waals surface area contributed by atoms with Crippen molar-refractivity contribution in [1.82, 2.24) is 15.6 Å². The van der Waals surface area contributed by atoms with E-state index < -0.39 is 17.6 Å². The van der Waals surface area contributed by atoms with E-state index in [4.69, 9.17) is 14.2 Å². The number of fused-ring (bicyclic) bond motifs is 1. The van der Waals surface area contributed by atoms with Gasteiger partial charge in [0.05, 0.1) is 19.2 Å². The predicted octanol–water partition coefficient (Wildman–Crippen LogP) is 5.63. The number of halogens is 2. The standard InChI is InChI=1S/C32H32F2N4O5.CH4/c1-41-29-17-24-26(18-30(29)42-19-21-8-12-35-13-9-21)36-15-11-27(24)43-28-7-6-23(16-25(28)34)38-32(40)31(39)37-14-10-20-2-4-22(33)5-3-20;/h2-7,11,15-18,21,35H,8-10,12-14,19H2,1H3,(H,37,39)(H,38,40);1H4. The number of ether oxygens (including phenoxy) is 3. The average molecular weight is 607 g/mol. The second-order valence-electron chi connectivity index (χ2n) is 10.2. The molecule has 1 aromatic heterocycles. The molecule has 3 N–H and O–H groups in total. The van der Waals surface area contributed by atoms with Crippen molar-refractivity contribution in [2.75, 3.05) is 38.7 Å². The highest BCUT2D eigenvalue weighted by molar-refractivity contribution is 6.39. The summed E-state index contributed by atoms with van der Waals surface area (Å²) in [6.07, 6.45) is 4.07. The molecule has 0 radical (unpaired) electrons. The Balaban J connectivity index is 0.00000442. The van der Waals surface area contributed by atoms with Crippen LogP contribution in [0.4, 0.5) is 14.5 Å². The maximum absolute atomic E-state index is 15.0. The highest BCUT2D eigenvalue weighted by atomic mass is 19.1. The topological polar surface area (TPSA) is 111 Å². The number of anilines is 1. The Hall–Kier alpha value is -4.77. The molecule has 3 aromatic carbocycles. The maximum atomic E-state index is 15.0. The third-order valence-corrected chi connectivity index (χ3v) is 7.15. The lowest BCUT2D eigenvalue weighted by Crippen LogP contribution is -2.36. The molecule has 1 saturated heterocycles. The second kappa shape index (κ2) is 15.1. The van der Waals surface area contributed by atoms with Crippen LogP contribution >= 0.6 is 0 Å². The minimum atomic E-state index is -0.947. The van der Waals surface area contributed by atoms with Crippen molar-refractivity contribution in [2.24, 2.45) is 5.92 Å². The molecule has 0 unspecified atom stereocenters. The largest absolute Gasteiger partial charge is 0.493 e. The second-order valence-corrected chi connectivity index (χ2v) is 10.2. The number of hydrogen-bond acceptors (Lipinski definition) is 7. The summed E-state index contributed by atoms with van der Waals surface area (Å²) < 4.78 is 45.6. The van der Waals surface area contributed by atoms with Gasteiger partial charge < -0.3 is 30.2 Å². The number of piperidine rings is 1. The van der Waals surface area contributed by atoms with Crippen LogP contribution in [-0.4, -0.2) is 50.1 Å². The van der Waals surface area contributed by atoms with E-state index in [2.05, 4.69) is 20.9 Å². The molecule has 0 spiro atoms. The van der Waals surface area contributed by atoms with Gasteiger partial charge >= 0.3 is 11.8 Å². The normalized spacial score (nSPS) is 13.1. The summed E-state index contributed by atoms with van der Waals surface area (Å²) in [7, 11) is 1.55. The van der Waals surface area contributed by atoms with Gasteiger partial charge in [0.15, 0.2) is 23.1 Å². The first-order valence-electron chi connectivity index (χ1n) is 14.0. The zero-order valence-corrected chi connectivity index (χ0v) is 23.6. The van der Waals surface area contributed by atoms with E-state index in [1.165, 1.54) is 24.3 Å². The number of carbonyl (C=O) groups is 2. The molecule has 44 heavy (non-hydrogen) atoms. The molecule has 9 nitrogen and oxygen atoms in total. The van der Waals surface area contributed by atoms with Crippen LogP contribution in [0.5, 0.6) is 23.0 Å². The van der Waals surface area contributed by atoms with Crippen molar-refractivity contribution in [2.45, 2.75) is 26.7 Å². The van der Waals surface area contributed by atoms with Gasteiger partial charge in [-0.25, -0.2) is 8.78 Å². The average Bonchev–Trinajstić information content (AvgIpc) is 3.02. The Morgan fingerprint density at radius 3 is 2.43 bits per heavy atom. The van der Waals surface area contributed by atoms with E-state index in [0.29, 0.717) is 47.1 Å². The molecule has 1 aliphatic heterocycles. The van der Waals surface area contributed by atoms with Crippen molar-refractivity contribution < 1.29 is 32.6 Å². The fraction of sp³-hybridized carbons (Fsp3) is 0.303. The van der Waals surface area contributed by atoms with Gasteiger partial charge in [0.25, 0.3) is 0 Å². The van der Waals surface area contributed by atoms with E-state index >= 15 is 4.39 Å². The lowest BCUT2D eigenvalue weighted by molar-refractivity contribution is -0.136. The molecular weight excluding hydrogens is 570 g/mol. The van der Waals surface area contributed by atoms with E-state index in [0.717, 1.165) is 37.6 Å². The van der Waals surface area contributed by atoms with E-state index in [9.17, 15) is 14.0 Å².